The zero-order valence-electron chi connectivity index (χ0n) is 21.5. The minimum absolute atomic E-state index is 0.300. The Morgan fingerprint density at radius 3 is 2.52 bits per heavy atom. The number of hydrogen-bond donors (Lipinski definition) is 2. The van der Waals surface area contributed by atoms with E-state index < -0.39 is 8.32 Å². The predicted octanol–water partition coefficient (Wildman–Crippen LogP) is 6.90. The van der Waals surface area contributed by atoms with Crippen LogP contribution >= 0.6 is 0 Å². The summed E-state index contributed by atoms with van der Waals surface area (Å²) in [5.41, 5.74) is 3.92. The molecule has 1 aliphatic rings. The van der Waals surface area contributed by atoms with Gasteiger partial charge in [0, 0.05) is 30.4 Å². The summed E-state index contributed by atoms with van der Waals surface area (Å²) in [5.74, 6) is 0.210. The van der Waals surface area contributed by atoms with Crippen molar-refractivity contribution < 1.29 is 14.0 Å². The summed E-state index contributed by atoms with van der Waals surface area (Å²) in [5, 5.41) is 4.64. The normalized spacial score (nSPS) is 19.6. The Balaban J connectivity index is 1.75. The number of nitrogens with one attached hydrogen (secondary N) is 2. The molecule has 2 aromatic heterocycles. The number of ether oxygens (including phenoxy) is 1. The van der Waals surface area contributed by atoms with Crippen LogP contribution in [0.15, 0.2) is 18.5 Å². The van der Waals surface area contributed by atoms with E-state index in [1.54, 1.807) is 6.20 Å². The van der Waals surface area contributed by atoms with Gasteiger partial charge in [0.2, 0.25) is 0 Å². The van der Waals surface area contributed by atoms with Crippen LogP contribution in [0.4, 0.5) is 5.69 Å². The molecule has 0 aromatic carbocycles. The fourth-order valence-electron chi connectivity index (χ4n) is 6.07. The van der Waals surface area contributed by atoms with E-state index in [4.69, 9.17) is 9.16 Å². The summed E-state index contributed by atoms with van der Waals surface area (Å²) in [7, 11) is -1.86. The number of fused-ring (bicyclic) bond motifs is 1. The quantitative estimate of drug-likeness (QED) is 0.290. The number of anilines is 1. The number of esters is 1. The molecule has 0 spiro atoms. The van der Waals surface area contributed by atoms with Gasteiger partial charge in [-0.25, -0.2) is 9.78 Å². The first-order valence-electron chi connectivity index (χ1n) is 12.7. The molecule has 0 radical (unpaired) electrons. The topological polar surface area (TPSA) is 76.2 Å². The van der Waals surface area contributed by atoms with Crippen molar-refractivity contribution in [2.24, 2.45) is 5.92 Å². The Kier molecular flexibility index (Phi) is 8.62. The number of nitrogens with zero attached hydrogens (tertiary/aromatic N) is 1. The van der Waals surface area contributed by atoms with Gasteiger partial charge in [-0.2, -0.15) is 0 Å². The number of rotatable bonds is 10. The molecule has 6 nitrogen and oxygen atoms in total. The monoisotopic (exact) mass is 473 g/mol. The molecule has 3 rings (SSSR count). The maximum Gasteiger partial charge on any atom is 0.341 e. The van der Waals surface area contributed by atoms with Crippen molar-refractivity contribution in [1.82, 2.24) is 9.97 Å². The highest BCUT2D eigenvalue weighted by molar-refractivity contribution is 6.77. The minimum atomic E-state index is -1.86. The van der Waals surface area contributed by atoms with Crippen LogP contribution in [-0.4, -0.2) is 43.5 Å². The van der Waals surface area contributed by atoms with Gasteiger partial charge in [-0.05, 0) is 54.8 Å². The highest BCUT2D eigenvalue weighted by Crippen LogP contribution is 2.43. The van der Waals surface area contributed by atoms with Crippen LogP contribution < -0.4 is 5.32 Å². The molecule has 0 bridgehead atoms. The van der Waals surface area contributed by atoms with Gasteiger partial charge in [0.1, 0.15) is 11.2 Å². The largest absolute Gasteiger partial charge is 0.462 e. The summed E-state index contributed by atoms with van der Waals surface area (Å²) in [4.78, 5) is 20.2. The summed E-state index contributed by atoms with van der Waals surface area (Å²) in [6.45, 7) is 17.1. The van der Waals surface area contributed by atoms with Crippen LogP contribution in [0, 0.1) is 5.92 Å². The summed E-state index contributed by atoms with van der Waals surface area (Å²) < 4.78 is 12.2. The van der Waals surface area contributed by atoms with Gasteiger partial charge in [-0.1, -0.05) is 48.0 Å². The lowest BCUT2D eigenvalue weighted by Crippen LogP contribution is -2.49. The Labute approximate surface area is 200 Å². The molecule has 0 saturated heterocycles. The Morgan fingerprint density at radius 1 is 1.18 bits per heavy atom. The molecule has 1 fully saturated rings. The molecule has 0 aliphatic heterocycles. The first-order valence-corrected chi connectivity index (χ1v) is 14.9. The molecule has 2 N–H and O–H groups in total. The fraction of sp³-hybridized carbons (Fsp3) is 0.692. The number of carbonyl (C=O) groups excluding carboxylic acids is 1. The molecular formula is C26H43N3O3Si. The van der Waals surface area contributed by atoms with E-state index in [2.05, 4.69) is 56.8 Å². The first kappa shape index (κ1) is 25.8. The highest BCUT2D eigenvalue weighted by Gasteiger charge is 2.45. The lowest BCUT2D eigenvalue weighted by Gasteiger charge is -2.43. The molecule has 2 heterocycles. The summed E-state index contributed by atoms with van der Waals surface area (Å²) in [6, 6.07) is 2.28. The number of aromatic nitrogens is 2. The third kappa shape index (κ3) is 5.45. The maximum atomic E-state index is 12.6. The number of H-pyrrole nitrogens is 1. The van der Waals surface area contributed by atoms with E-state index in [1.807, 2.05) is 19.2 Å². The summed E-state index contributed by atoms with van der Waals surface area (Å²) >= 11 is 0. The molecule has 2 atom stereocenters. The SMILES string of the molecule is CCOC(=O)c1cnc2[nH]ccc2c1NC1CCCC(CO[Si](C(C)C)(C(C)C)C(C)C)C1. The average molecular weight is 474 g/mol. The van der Waals surface area contributed by atoms with Gasteiger partial charge >= 0.3 is 5.97 Å². The van der Waals surface area contributed by atoms with Crippen molar-refractivity contribution in [2.45, 2.75) is 96.8 Å². The van der Waals surface area contributed by atoms with Gasteiger partial charge in [-0.15, -0.1) is 0 Å². The van der Waals surface area contributed by atoms with Crippen molar-refractivity contribution in [1.29, 1.82) is 0 Å². The molecule has 2 unspecified atom stereocenters. The van der Waals surface area contributed by atoms with E-state index in [1.165, 1.54) is 12.8 Å². The van der Waals surface area contributed by atoms with Crippen LogP contribution in [0.3, 0.4) is 0 Å². The average Bonchev–Trinajstić information content (AvgIpc) is 3.23. The van der Waals surface area contributed by atoms with E-state index in [9.17, 15) is 4.79 Å². The Hall–Kier alpha value is -1.86. The fourth-order valence-corrected chi connectivity index (χ4v) is 11.6. The van der Waals surface area contributed by atoms with Crippen molar-refractivity contribution >= 4 is 31.0 Å². The third-order valence-corrected chi connectivity index (χ3v) is 13.6. The molecule has 184 valence electrons. The van der Waals surface area contributed by atoms with Crippen LogP contribution in [0.25, 0.3) is 11.0 Å². The molecular weight excluding hydrogens is 430 g/mol. The van der Waals surface area contributed by atoms with Crippen molar-refractivity contribution in [3.63, 3.8) is 0 Å². The smallest absolute Gasteiger partial charge is 0.341 e. The van der Waals surface area contributed by atoms with Gasteiger partial charge in [0.25, 0.3) is 0 Å². The number of aromatic amines is 1. The van der Waals surface area contributed by atoms with E-state index in [0.717, 1.165) is 36.2 Å². The van der Waals surface area contributed by atoms with Gasteiger partial charge < -0.3 is 19.5 Å². The van der Waals surface area contributed by atoms with E-state index in [-0.39, 0.29) is 5.97 Å². The number of carbonyl (C=O) groups is 1. The van der Waals surface area contributed by atoms with Gasteiger partial charge in [-0.3, -0.25) is 0 Å². The van der Waals surface area contributed by atoms with Crippen LogP contribution in [-0.2, 0) is 9.16 Å². The van der Waals surface area contributed by atoms with E-state index in [0.29, 0.717) is 40.8 Å². The minimum Gasteiger partial charge on any atom is -0.462 e. The second-order valence-corrected chi connectivity index (χ2v) is 16.0. The highest BCUT2D eigenvalue weighted by atomic mass is 28.4. The second kappa shape index (κ2) is 11.0. The summed E-state index contributed by atoms with van der Waals surface area (Å²) in [6.07, 6.45) is 8.00. The first-order chi connectivity index (χ1) is 15.7. The second-order valence-electron chi connectivity index (χ2n) is 10.5. The zero-order valence-corrected chi connectivity index (χ0v) is 22.5. The molecule has 0 amide bonds. The van der Waals surface area contributed by atoms with Crippen LogP contribution in [0.2, 0.25) is 16.6 Å². The van der Waals surface area contributed by atoms with Crippen LogP contribution in [0.1, 0.15) is 84.5 Å². The molecule has 1 saturated carbocycles. The number of hydrogen-bond acceptors (Lipinski definition) is 5. The molecule has 33 heavy (non-hydrogen) atoms. The molecule has 1 aliphatic carbocycles. The van der Waals surface area contributed by atoms with Crippen molar-refractivity contribution in [2.75, 3.05) is 18.5 Å². The van der Waals surface area contributed by atoms with Gasteiger partial charge in [0.15, 0.2) is 8.32 Å². The predicted molar refractivity (Wildman–Crippen MR) is 138 cm³/mol. The lowest BCUT2D eigenvalue weighted by molar-refractivity contribution is 0.0527. The van der Waals surface area contributed by atoms with Crippen LogP contribution in [0.5, 0.6) is 0 Å². The Morgan fingerprint density at radius 2 is 1.88 bits per heavy atom. The zero-order chi connectivity index (χ0) is 24.2. The lowest BCUT2D eigenvalue weighted by atomic mass is 9.86. The molecule has 7 heteroatoms. The van der Waals surface area contributed by atoms with Crippen molar-refractivity contribution in [3.8, 4) is 0 Å². The van der Waals surface area contributed by atoms with Gasteiger partial charge in [0.05, 0.1) is 12.3 Å². The maximum absolute atomic E-state index is 12.6. The Bertz CT molecular complexity index is 903. The standard InChI is InChI=1S/C26H43N3O3Si/c1-8-31-26(30)23-15-28-25-22(12-13-27-25)24(23)29-21-11-9-10-20(14-21)16-32-33(17(2)3,18(4)5)19(6)7/h12-13,15,17-21H,8-11,14,16H2,1-7H3,(H2,27,28,29). The third-order valence-electron chi connectivity index (χ3n) is 7.49. The number of pyridine rings is 1. The van der Waals surface area contributed by atoms with E-state index >= 15 is 0 Å². The molecule has 2 aromatic rings. The van der Waals surface area contributed by atoms with Crippen molar-refractivity contribution in [3.05, 3.63) is 24.0 Å².